The van der Waals surface area contributed by atoms with E-state index < -0.39 is 11.7 Å². The summed E-state index contributed by atoms with van der Waals surface area (Å²) in [7, 11) is 1.50. The Balaban J connectivity index is 3.12. The number of carbonyl (C=O) groups excluding carboxylic acids is 2. The van der Waals surface area contributed by atoms with Crippen molar-refractivity contribution in [2.24, 2.45) is 5.73 Å². The first-order valence-corrected chi connectivity index (χ1v) is 4.05. The molecule has 0 saturated carbocycles. The summed E-state index contributed by atoms with van der Waals surface area (Å²) in [6.07, 6.45) is 0. The van der Waals surface area contributed by atoms with Crippen LogP contribution in [0.3, 0.4) is 0 Å². The average Bonchev–Trinajstić information content (AvgIpc) is 2.17. The summed E-state index contributed by atoms with van der Waals surface area (Å²) >= 11 is 0. The maximum atomic E-state index is 11.2. The van der Waals surface area contributed by atoms with Gasteiger partial charge in [-0.25, -0.2) is 0 Å². The highest BCUT2D eigenvalue weighted by atomic mass is 16.5. The number of amides is 1. The molecule has 0 heterocycles. The second kappa shape index (κ2) is 3.91. The lowest BCUT2D eigenvalue weighted by Gasteiger charge is -2.05. The molecule has 0 spiro atoms. The number of ether oxygens (including phenoxy) is 1. The second-order valence-electron chi connectivity index (χ2n) is 2.88. The summed E-state index contributed by atoms with van der Waals surface area (Å²) < 4.78 is 5.01. The molecule has 0 aromatic heterocycles. The quantitative estimate of drug-likeness (QED) is 0.566. The first kappa shape index (κ1) is 10.2. The van der Waals surface area contributed by atoms with E-state index in [1.807, 2.05) is 6.92 Å². The SMILES string of the molecule is COc1cc(C(=O)C(N)=O)ccc1C. The van der Waals surface area contributed by atoms with Gasteiger partial charge in [-0.3, -0.25) is 9.59 Å². The van der Waals surface area contributed by atoms with Crippen LogP contribution < -0.4 is 10.5 Å². The molecular formula is C10H11NO3. The topological polar surface area (TPSA) is 69.4 Å². The zero-order valence-corrected chi connectivity index (χ0v) is 8.03. The van der Waals surface area contributed by atoms with Gasteiger partial charge in [-0.15, -0.1) is 0 Å². The lowest BCUT2D eigenvalue weighted by atomic mass is 10.1. The van der Waals surface area contributed by atoms with Crippen molar-refractivity contribution in [1.29, 1.82) is 0 Å². The number of Topliss-reactive ketones (excluding diaryl/α,β-unsaturated/α-hetero) is 1. The van der Waals surface area contributed by atoms with Crippen molar-refractivity contribution in [3.8, 4) is 5.75 Å². The Morgan fingerprint density at radius 3 is 2.50 bits per heavy atom. The van der Waals surface area contributed by atoms with Crippen LogP contribution in [0.25, 0.3) is 0 Å². The van der Waals surface area contributed by atoms with E-state index in [0.29, 0.717) is 5.75 Å². The molecule has 0 fully saturated rings. The molecule has 0 bridgehead atoms. The first-order valence-electron chi connectivity index (χ1n) is 4.05. The Morgan fingerprint density at radius 2 is 2.00 bits per heavy atom. The molecule has 0 saturated heterocycles. The molecular weight excluding hydrogens is 182 g/mol. The fourth-order valence-electron chi connectivity index (χ4n) is 1.10. The number of methoxy groups -OCH3 is 1. The molecule has 4 nitrogen and oxygen atoms in total. The van der Waals surface area contributed by atoms with E-state index in [2.05, 4.69) is 0 Å². The zero-order chi connectivity index (χ0) is 10.7. The van der Waals surface area contributed by atoms with Crippen LogP contribution in [0.15, 0.2) is 18.2 Å². The Morgan fingerprint density at radius 1 is 1.36 bits per heavy atom. The normalized spacial score (nSPS) is 9.57. The van der Waals surface area contributed by atoms with Crippen molar-refractivity contribution in [3.63, 3.8) is 0 Å². The van der Waals surface area contributed by atoms with E-state index in [-0.39, 0.29) is 5.56 Å². The smallest absolute Gasteiger partial charge is 0.289 e. The lowest BCUT2D eigenvalue weighted by molar-refractivity contribution is -0.114. The van der Waals surface area contributed by atoms with Gasteiger partial charge in [0.1, 0.15) is 5.75 Å². The number of rotatable bonds is 3. The third-order valence-corrected chi connectivity index (χ3v) is 1.89. The third kappa shape index (κ3) is 1.90. The minimum atomic E-state index is -0.962. The van der Waals surface area contributed by atoms with Crippen LogP contribution >= 0.6 is 0 Å². The highest BCUT2D eigenvalue weighted by Gasteiger charge is 2.13. The van der Waals surface area contributed by atoms with Crippen LogP contribution in [0.1, 0.15) is 15.9 Å². The maximum Gasteiger partial charge on any atom is 0.289 e. The average molecular weight is 193 g/mol. The largest absolute Gasteiger partial charge is 0.496 e. The van der Waals surface area contributed by atoms with Gasteiger partial charge in [-0.1, -0.05) is 12.1 Å². The third-order valence-electron chi connectivity index (χ3n) is 1.89. The van der Waals surface area contributed by atoms with E-state index >= 15 is 0 Å². The van der Waals surface area contributed by atoms with Crippen LogP contribution in [0.2, 0.25) is 0 Å². The molecule has 1 aromatic carbocycles. The van der Waals surface area contributed by atoms with E-state index in [1.54, 1.807) is 12.1 Å². The van der Waals surface area contributed by atoms with Gasteiger partial charge in [-0.05, 0) is 18.6 Å². The summed E-state index contributed by atoms with van der Waals surface area (Å²) in [5, 5.41) is 0. The number of aryl methyl sites for hydroxylation is 1. The van der Waals surface area contributed by atoms with E-state index in [0.717, 1.165) is 5.56 Å². The van der Waals surface area contributed by atoms with E-state index in [4.69, 9.17) is 10.5 Å². The molecule has 4 heteroatoms. The summed E-state index contributed by atoms with van der Waals surface area (Å²) in [6.45, 7) is 1.84. The van der Waals surface area contributed by atoms with Crippen molar-refractivity contribution in [2.45, 2.75) is 6.92 Å². The van der Waals surface area contributed by atoms with E-state index in [9.17, 15) is 9.59 Å². The molecule has 1 aromatic rings. The van der Waals surface area contributed by atoms with Gasteiger partial charge in [0.15, 0.2) is 0 Å². The summed E-state index contributed by atoms with van der Waals surface area (Å²) in [4.78, 5) is 21.8. The molecule has 0 atom stereocenters. The number of ketones is 1. The number of carbonyl (C=O) groups is 2. The Kier molecular flexibility index (Phi) is 2.86. The predicted molar refractivity (Wildman–Crippen MR) is 51.3 cm³/mol. The predicted octanol–water partition coefficient (Wildman–Crippen LogP) is 0.672. The highest BCUT2D eigenvalue weighted by molar-refractivity contribution is 6.42. The fourth-order valence-corrected chi connectivity index (χ4v) is 1.10. The number of primary amides is 1. The van der Waals surface area contributed by atoms with Crippen molar-refractivity contribution in [2.75, 3.05) is 7.11 Å². The van der Waals surface area contributed by atoms with Gasteiger partial charge in [0.2, 0.25) is 5.78 Å². The molecule has 0 unspecified atom stereocenters. The minimum absolute atomic E-state index is 0.250. The molecule has 0 aliphatic heterocycles. The molecule has 0 radical (unpaired) electrons. The molecule has 14 heavy (non-hydrogen) atoms. The minimum Gasteiger partial charge on any atom is -0.496 e. The van der Waals surface area contributed by atoms with Gasteiger partial charge < -0.3 is 10.5 Å². The van der Waals surface area contributed by atoms with Crippen LogP contribution in [0, 0.1) is 6.92 Å². The highest BCUT2D eigenvalue weighted by Crippen LogP contribution is 2.18. The molecule has 1 rings (SSSR count). The number of hydrogen-bond acceptors (Lipinski definition) is 3. The molecule has 1 amide bonds. The second-order valence-corrected chi connectivity index (χ2v) is 2.88. The van der Waals surface area contributed by atoms with Gasteiger partial charge >= 0.3 is 0 Å². The van der Waals surface area contributed by atoms with Crippen LogP contribution in [-0.4, -0.2) is 18.8 Å². The summed E-state index contributed by atoms with van der Waals surface area (Å²) in [6, 6.07) is 4.75. The monoisotopic (exact) mass is 193 g/mol. The zero-order valence-electron chi connectivity index (χ0n) is 8.03. The Hall–Kier alpha value is -1.84. The Labute approximate surface area is 81.7 Å². The van der Waals surface area contributed by atoms with Crippen LogP contribution in [-0.2, 0) is 4.79 Å². The van der Waals surface area contributed by atoms with Crippen LogP contribution in [0.5, 0.6) is 5.75 Å². The Bertz CT molecular complexity index is 385. The first-order chi connectivity index (χ1) is 6.56. The van der Waals surface area contributed by atoms with Gasteiger partial charge in [-0.2, -0.15) is 0 Å². The van der Waals surface area contributed by atoms with Gasteiger partial charge in [0, 0.05) is 5.56 Å². The lowest BCUT2D eigenvalue weighted by Crippen LogP contribution is -2.23. The van der Waals surface area contributed by atoms with Crippen molar-refractivity contribution in [3.05, 3.63) is 29.3 Å². The van der Waals surface area contributed by atoms with Gasteiger partial charge in [0.25, 0.3) is 5.91 Å². The van der Waals surface area contributed by atoms with Crippen molar-refractivity contribution < 1.29 is 14.3 Å². The fraction of sp³-hybridized carbons (Fsp3) is 0.200. The van der Waals surface area contributed by atoms with Crippen LogP contribution in [0.4, 0.5) is 0 Å². The standard InChI is InChI=1S/C10H11NO3/c1-6-3-4-7(5-8(6)14-2)9(12)10(11)13/h3-5H,1-2H3,(H2,11,13). The molecule has 74 valence electrons. The van der Waals surface area contributed by atoms with Gasteiger partial charge in [0.05, 0.1) is 7.11 Å². The van der Waals surface area contributed by atoms with E-state index in [1.165, 1.54) is 13.2 Å². The summed E-state index contributed by atoms with van der Waals surface area (Å²) in [5.41, 5.74) is 6.02. The van der Waals surface area contributed by atoms with Crippen molar-refractivity contribution >= 4 is 11.7 Å². The number of hydrogen-bond donors (Lipinski definition) is 1. The number of nitrogens with two attached hydrogens (primary N) is 1. The maximum absolute atomic E-state index is 11.2. The number of benzene rings is 1. The molecule has 2 N–H and O–H groups in total. The molecule has 0 aliphatic carbocycles. The summed E-state index contributed by atoms with van der Waals surface area (Å²) in [5.74, 6) is -1.10. The molecule has 0 aliphatic rings. The van der Waals surface area contributed by atoms with Crippen molar-refractivity contribution in [1.82, 2.24) is 0 Å².